The zero-order valence-corrected chi connectivity index (χ0v) is 33.0. The fourth-order valence-electron chi connectivity index (χ4n) is 10.6. The van der Waals surface area contributed by atoms with Crippen LogP contribution >= 0.6 is 0 Å². The summed E-state index contributed by atoms with van der Waals surface area (Å²) in [5.74, 6) is 0. The third-order valence-corrected chi connectivity index (χ3v) is 13.2. The number of hydrogen-bond donors (Lipinski definition) is 0. The van der Waals surface area contributed by atoms with Gasteiger partial charge in [0.25, 0.3) is 0 Å². The first-order chi connectivity index (χ1) is 30.2. The SMILES string of the molecule is c1ccc(-c2cnc3c(ccc4cccnc43)c2)c(-c2cc(-c3ccc4c(c3)-c3ccccc3C43c4ccccc4-c4ccccc43)cc(-c3cccc4cccnc34)c2)c1. The highest BCUT2D eigenvalue weighted by molar-refractivity contribution is 6.04. The molecule has 282 valence electrons. The Bertz CT molecular complexity index is 3570. The highest BCUT2D eigenvalue weighted by atomic mass is 14.7. The number of fused-ring (bicyclic) bond motifs is 14. The molecular weight excluding hydrogens is 739 g/mol. The number of para-hydroxylation sites is 1. The maximum atomic E-state index is 5.02. The monoisotopic (exact) mass is 773 g/mol. The van der Waals surface area contributed by atoms with Gasteiger partial charge in [-0.1, -0.05) is 152 Å². The molecule has 3 heteroatoms. The molecule has 0 saturated heterocycles. The van der Waals surface area contributed by atoms with Gasteiger partial charge in [-0.2, -0.15) is 0 Å². The van der Waals surface area contributed by atoms with Crippen LogP contribution in [-0.2, 0) is 5.41 Å². The van der Waals surface area contributed by atoms with Crippen LogP contribution in [0.15, 0.2) is 213 Å². The topological polar surface area (TPSA) is 38.7 Å². The summed E-state index contributed by atoms with van der Waals surface area (Å²) in [6.07, 6.45) is 5.74. The Morgan fingerprint density at radius 1 is 0.262 bits per heavy atom. The van der Waals surface area contributed by atoms with E-state index in [9.17, 15) is 0 Å². The molecule has 0 saturated carbocycles. The zero-order valence-electron chi connectivity index (χ0n) is 33.0. The lowest BCUT2D eigenvalue weighted by Crippen LogP contribution is -2.25. The first-order valence-electron chi connectivity index (χ1n) is 20.9. The average molecular weight is 774 g/mol. The maximum Gasteiger partial charge on any atom is 0.0964 e. The van der Waals surface area contributed by atoms with Crippen LogP contribution in [0.25, 0.3) is 99.5 Å². The fraction of sp³-hybridized carbons (Fsp3) is 0.0172. The maximum absolute atomic E-state index is 5.02. The highest BCUT2D eigenvalue weighted by Crippen LogP contribution is 2.63. The smallest absolute Gasteiger partial charge is 0.0964 e. The minimum absolute atomic E-state index is 0.380. The van der Waals surface area contributed by atoms with E-state index < -0.39 is 0 Å². The standard InChI is InChI=1S/C58H35N3/c1-2-16-45(43-30-39-25-24-37-14-11-29-60-56(37)57(39)61-35-43)44(15-1)41-31-40(32-42(33-41)46-20-9-12-36-13-10-28-59-55(36)46)38-26-27-54-50(34-38)49-19-5-8-23-53(49)58(54)51-21-6-3-17-47(51)48-18-4-7-22-52(48)58/h1-35H. The van der Waals surface area contributed by atoms with Crippen LogP contribution < -0.4 is 0 Å². The number of nitrogens with zero attached hydrogens (tertiary/aromatic N) is 3. The Balaban J connectivity index is 1.03. The van der Waals surface area contributed by atoms with Gasteiger partial charge in [0, 0.05) is 45.9 Å². The van der Waals surface area contributed by atoms with E-state index in [2.05, 4.69) is 187 Å². The van der Waals surface area contributed by atoms with Crippen molar-refractivity contribution in [2.24, 2.45) is 0 Å². The molecular formula is C58H35N3. The summed E-state index contributed by atoms with van der Waals surface area (Å²) in [5.41, 5.74) is 22.0. The van der Waals surface area contributed by atoms with E-state index in [0.29, 0.717) is 0 Å². The van der Waals surface area contributed by atoms with Gasteiger partial charge in [-0.15, -0.1) is 0 Å². The van der Waals surface area contributed by atoms with E-state index in [1.54, 1.807) is 0 Å². The molecule has 61 heavy (non-hydrogen) atoms. The summed E-state index contributed by atoms with van der Waals surface area (Å²) < 4.78 is 0. The van der Waals surface area contributed by atoms with Crippen LogP contribution in [0.4, 0.5) is 0 Å². The van der Waals surface area contributed by atoms with Crippen molar-refractivity contribution in [3.63, 3.8) is 0 Å². The van der Waals surface area contributed by atoms with Gasteiger partial charge in [-0.05, 0) is 120 Å². The summed E-state index contributed by atoms with van der Waals surface area (Å²) >= 11 is 0. The molecule has 3 heterocycles. The Kier molecular flexibility index (Phi) is 7.22. The number of rotatable bonds is 4. The molecule has 0 amide bonds. The Labute approximate surface area is 353 Å². The van der Waals surface area contributed by atoms with Crippen LogP contribution in [-0.4, -0.2) is 15.0 Å². The third-order valence-electron chi connectivity index (χ3n) is 13.2. The van der Waals surface area contributed by atoms with Gasteiger partial charge >= 0.3 is 0 Å². The van der Waals surface area contributed by atoms with E-state index >= 15 is 0 Å². The lowest BCUT2D eigenvalue weighted by molar-refractivity contribution is 0.794. The molecule has 0 atom stereocenters. The third kappa shape index (κ3) is 4.89. The second kappa shape index (κ2) is 13.0. The molecule has 0 aliphatic heterocycles. The van der Waals surface area contributed by atoms with E-state index in [0.717, 1.165) is 71.7 Å². The van der Waals surface area contributed by atoms with Crippen molar-refractivity contribution < 1.29 is 0 Å². The van der Waals surface area contributed by atoms with E-state index in [1.807, 2.05) is 30.7 Å². The van der Waals surface area contributed by atoms with Crippen molar-refractivity contribution in [3.05, 3.63) is 235 Å². The summed E-state index contributed by atoms with van der Waals surface area (Å²) in [6.45, 7) is 0. The predicted octanol–water partition coefficient (Wildman–Crippen LogP) is 14.3. The second-order valence-electron chi connectivity index (χ2n) is 16.3. The molecule has 0 bridgehead atoms. The predicted molar refractivity (Wildman–Crippen MR) is 250 cm³/mol. The molecule has 11 aromatic rings. The minimum atomic E-state index is -0.380. The summed E-state index contributed by atoms with van der Waals surface area (Å²) in [5, 5.41) is 3.28. The lowest BCUT2D eigenvalue weighted by atomic mass is 9.70. The van der Waals surface area contributed by atoms with Gasteiger partial charge in [0.2, 0.25) is 0 Å². The Morgan fingerprint density at radius 2 is 0.754 bits per heavy atom. The van der Waals surface area contributed by atoms with E-state index in [-0.39, 0.29) is 5.41 Å². The van der Waals surface area contributed by atoms with Gasteiger partial charge in [0.15, 0.2) is 0 Å². The van der Waals surface area contributed by atoms with Crippen molar-refractivity contribution in [1.29, 1.82) is 0 Å². The lowest BCUT2D eigenvalue weighted by Gasteiger charge is -2.30. The molecule has 0 radical (unpaired) electrons. The quantitative estimate of drug-likeness (QED) is 0.167. The number of hydrogen-bond acceptors (Lipinski definition) is 3. The fourth-order valence-corrected chi connectivity index (χ4v) is 10.6. The highest BCUT2D eigenvalue weighted by Gasteiger charge is 2.51. The van der Waals surface area contributed by atoms with Crippen LogP contribution in [0.2, 0.25) is 0 Å². The van der Waals surface area contributed by atoms with Gasteiger partial charge in [0.05, 0.1) is 22.0 Å². The van der Waals surface area contributed by atoms with E-state index in [1.165, 1.54) is 50.1 Å². The summed E-state index contributed by atoms with van der Waals surface area (Å²) in [6, 6.07) is 71.2. The van der Waals surface area contributed by atoms with Gasteiger partial charge in [-0.3, -0.25) is 15.0 Å². The summed E-state index contributed by atoms with van der Waals surface area (Å²) in [7, 11) is 0. The molecule has 0 N–H and O–H groups in total. The molecule has 8 aromatic carbocycles. The van der Waals surface area contributed by atoms with Gasteiger partial charge < -0.3 is 0 Å². The first-order valence-corrected chi connectivity index (χ1v) is 20.9. The van der Waals surface area contributed by atoms with Crippen molar-refractivity contribution in [2.45, 2.75) is 5.41 Å². The zero-order chi connectivity index (χ0) is 40.1. The van der Waals surface area contributed by atoms with Crippen molar-refractivity contribution in [2.75, 3.05) is 0 Å². The first kappa shape index (κ1) is 33.9. The van der Waals surface area contributed by atoms with Crippen molar-refractivity contribution in [3.8, 4) is 66.8 Å². The molecule has 0 fully saturated rings. The Hall–Kier alpha value is -8.01. The molecule has 2 aliphatic rings. The van der Waals surface area contributed by atoms with E-state index in [4.69, 9.17) is 9.97 Å². The number of aromatic nitrogens is 3. The largest absolute Gasteiger partial charge is 0.256 e. The number of benzene rings is 8. The molecule has 1 spiro atoms. The van der Waals surface area contributed by atoms with Crippen LogP contribution in [0, 0.1) is 0 Å². The van der Waals surface area contributed by atoms with Crippen molar-refractivity contribution in [1.82, 2.24) is 15.0 Å². The van der Waals surface area contributed by atoms with Crippen LogP contribution in [0.1, 0.15) is 22.3 Å². The average Bonchev–Trinajstić information content (AvgIpc) is 3.80. The molecule has 13 rings (SSSR count). The molecule has 0 unspecified atom stereocenters. The number of pyridine rings is 3. The van der Waals surface area contributed by atoms with Gasteiger partial charge in [0.1, 0.15) is 0 Å². The Morgan fingerprint density at radius 3 is 1.46 bits per heavy atom. The van der Waals surface area contributed by atoms with Crippen molar-refractivity contribution >= 4 is 32.7 Å². The van der Waals surface area contributed by atoms with Crippen LogP contribution in [0.3, 0.4) is 0 Å². The second-order valence-corrected chi connectivity index (χ2v) is 16.3. The molecule has 3 nitrogen and oxygen atoms in total. The minimum Gasteiger partial charge on any atom is -0.256 e. The summed E-state index contributed by atoms with van der Waals surface area (Å²) in [4.78, 5) is 14.6. The van der Waals surface area contributed by atoms with Gasteiger partial charge in [-0.25, -0.2) is 0 Å². The molecule has 3 aromatic heterocycles. The van der Waals surface area contributed by atoms with Crippen LogP contribution in [0.5, 0.6) is 0 Å². The normalized spacial score (nSPS) is 13.0. The molecule has 2 aliphatic carbocycles.